The first-order valence-electron chi connectivity index (χ1n) is 13.5. The van der Waals surface area contributed by atoms with Crippen molar-refractivity contribution in [2.75, 3.05) is 4.90 Å². The van der Waals surface area contributed by atoms with Crippen molar-refractivity contribution in [2.45, 2.75) is 16.1 Å². The Morgan fingerprint density at radius 2 is 1.64 bits per heavy atom. The van der Waals surface area contributed by atoms with Crippen molar-refractivity contribution < 1.29 is 19.4 Å². The second-order valence-electron chi connectivity index (χ2n) is 9.70. The van der Waals surface area contributed by atoms with Crippen molar-refractivity contribution in [3.05, 3.63) is 148 Å². The van der Waals surface area contributed by atoms with Gasteiger partial charge in [-0.1, -0.05) is 114 Å². The average molecular weight is 638 g/mol. The van der Waals surface area contributed by atoms with Gasteiger partial charge in [-0.2, -0.15) is 0 Å². The molecule has 1 N–H and O–H groups in total. The summed E-state index contributed by atoms with van der Waals surface area (Å²) in [6, 6.07) is 32.3. The molecule has 0 radical (unpaired) electrons. The molecule has 0 saturated carbocycles. The highest BCUT2D eigenvalue weighted by Crippen LogP contribution is 2.44. The van der Waals surface area contributed by atoms with E-state index in [4.69, 9.17) is 16.3 Å². The maximum Gasteiger partial charge on any atom is 0.296 e. The van der Waals surface area contributed by atoms with Crippen molar-refractivity contribution >= 4 is 57.6 Å². The molecule has 4 aromatic carbocycles. The third-order valence-corrected chi connectivity index (χ3v) is 9.11. The number of anilines is 1. The number of nitrogens with zero attached hydrogens (tertiary/aromatic N) is 3. The van der Waals surface area contributed by atoms with Crippen LogP contribution in [0, 0.1) is 0 Å². The Morgan fingerprint density at radius 1 is 0.932 bits per heavy atom. The van der Waals surface area contributed by atoms with Crippen molar-refractivity contribution in [1.82, 2.24) is 10.2 Å². The second kappa shape index (κ2) is 13.3. The van der Waals surface area contributed by atoms with Gasteiger partial charge in [0, 0.05) is 10.8 Å². The van der Waals surface area contributed by atoms with Crippen molar-refractivity contribution in [3.63, 3.8) is 0 Å². The summed E-state index contributed by atoms with van der Waals surface area (Å²) in [4.78, 5) is 28.6. The number of halogens is 1. The number of carbonyl (C=O) groups excluding carboxylic acids is 2. The topological polar surface area (TPSA) is 92.6 Å². The number of para-hydroxylation sites is 1. The highest BCUT2D eigenvalue weighted by molar-refractivity contribution is 8.00. The number of aliphatic hydroxyl groups excluding tert-OH is 1. The molecule has 0 saturated heterocycles. The van der Waals surface area contributed by atoms with E-state index in [0.717, 1.165) is 11.1 Å². The molecule has 218 valence electrons. The van der Waals surface area contributed by atoms with Gasteiger partial charge in [-0.25, -0.2) is 0 Å². The lowest BCUT2D eigenvalue weighted by atomic mass is 9.95. The van der Waals surface area contributed by atoms with Crippen LogP contribution in [-0.4, -0.2) is 27.0 Å². The lowest BCUT2D eigenvalue weighted by Crippen LogP contribution is -2.30. The maximum atomic E-state index is 13.6. The number of allylic oxidation sites excluding steroid dienone is 1. The molecular weight excluding hydrogens is 614 g/mol. The molecule has 44 heavy (non-hydrogen) atoms. The molecule has 1 unspecified atom stereocenters. The third kappa shape index (κ3) is 6.60. The van der Waals surface area contributed by atoms with Crippen LogP contribution < -0.4 is 9.64 Å². The quantitative estimate of drug-likeness (QED) is 0.0933. The first-order chi connectivity index (χ1) is 21.5. The molecule has 1 amide bonds. The molecule has 5 aromatic rings. The van der Waals surface area contributed by atoms with Gasteiger partial charge >= 0.3 is 0 Å². The number of rotatable bonds is 10. The predicted molar refractivity (Wildman–Crippen MR) is 174 cm³/mol. The summed E-state index contributed by atoms with van der Waals surface area (Å²) in [5, 5.41) is 20.6. The Kier molecular flexibility index (Phi) is 8.88. The van der Waals surface area contributed by atoms with Crippen molar-refractivity contribution in [3.8, 4) is 11.5 Å². The monoisotopic (exact) mass is 637 g/mol. The number of carbonyl (C=O) groups is 2. The molecule has 7 nitrogen and oxygen atoms in total. The van der Waals surface area contributed by atoms with Gasteiger partial charge in [0.1, 0.15) is 11.5 Å². The lowest BCUT2D eigenvalue weighted by Gasteiger charge is -2.24. The van der Waals surface area contributed by atoms with Crippen LogP contribution in [0.1, 0.15) is 22.7 Å². The molecule has 10 heteroatoms. The predicted octanol–water partition coefficient (Wildman–Crippen LogP) is 8.46. The molecule has 0 aliphatic carbocycles. The molecular formula is C34H24ClN3O4S2. The standard InChI is InChI=1S/C34H24ClN3O4S2/c35-25-17-14-23(15-18-25)21-43-34-37-36-33(44-34)38-30(24-10-7-13-27(20-24)42-26-11-5-2-6-12-26)29(31(40)32(38)41)28(39)19-16-22-8-3-1-4-9-22/h1-20,30,40H,21H2/b19-16+. The Morgan fingerprint density at radius 3 is 2.39 bits per heavy atom. The Bertz CT molecular complexity index is 1860. The molecule has 0 spiro atoms. The lowest BCUT2D eigenvalue weighted by molar-refractivity contribution is -0.117. The van der Waals surface area contributed by atoms with E-state index >= 15 is 0 Å². The number of hydrogen-bond acceptors (Lipinski definition) is 8. The zero-order valence-electron chi connectivity index (χ0n) is 23.0. The van der Waals surface area contributed by atoms with Crippen LogP contribution in [0.15, 0.2) is 131 Å². The summed E-state index contributed by atoms with van der Waals surface area (Å²) in [5.74, 6) is -0.0848. The van der Waals surface area contributed by atoms with E-state index in [1.54, 1.807) is 30.3 Å². The summed E-state index contributed by atoms with van der Waals surface area (Å²) in [7, 11) is 0. The Labute approximate surface area is 267 Å². The zero-order valence-corrected chi connectivity index (χ0v) is 25.4. The highest BCUT2D eigenvalue weighted by Gasteiger charge is 2.45. The molecule has 1 aliphatic rings. The summed E-state index contributed by atoms with van der Waals surface area (Å²) >= 11 is 8.68. The van der Waals surface area contributed by atoms with Gasteiger partial charge in [-0.05, 0) is 59.2 Å². The Hall–Kier alpha value is -4.70. The molecule has 0 bridgehead atoms. The van der Waals surface area contributed by atoms with Gasteiger partial charge in [0.2, 0.25) is 5.13 Å². The molecule has 1 aromatic heterocycles. The smallest absolute Gasteiger partial charge is 0.296 e. The molecule has 1 atom stereocenters. The van der Waals surface area contributed by atoms with Crippen molar-refractivity contribution in [2.24, 2.45) is 0 Å². The van der Waals surface area contributed by atoms with Gasteiger partial charge in [0.15, 0.2) is 15.9 Å². The van der Waals surface area contributed by atoms with Crippen molar-refractivity contribution in [1.29, 1.82) is 0 Å². The normalized spacial score (nSPS) is 14.9. The molecule has 6 rings (SSSR count). The van der Waals surface area contributed by atoms with E-state index in [0.29, 0.717) is 32.2 Å². The van der Waals surface area contributed by atoms with Gasteiger partial charge in [0.25, 0.3) is 5.91 Å². The zero-order chi connectivity index (χ0) is 30.5. The fourth-order valence-corrected chi connectivity index (χ4v) is 6.60. The number of thioether (sulfide) groups is 1. The minimum atomic E-state index is -0.961. The van der Waals surface area contributed by atoms with Crippen LogP contribution in [0.4, 0.5) is 5.13 Å². The summed E-state index contributed by atoms with van der Waals surface area (Å²) in [6.07, 6.45) is 3.01. The third-order valence-electron chi connectivity index (χ3n) is 6.73. The van der Waals surface area contributed by atoms with Crippen LogP contribution in [0.3, 0.4) is 0 Å². The summed E-state index contributed by atoms with van der Waals surface area (Å²) in [5.41, 5.74) is 2.38. The first-order valence-corrected chi connectivity index (χ1v) is 15.7. The summed E-state index contributed by atoms with van der Waals surface area (Å²) in [6.45, 7) is 0. The largest absolute Gasteiger partial charge is 0.503 e. The molecule has 1 aliphatic heterocycles. The SMILES string of the molecule is O=C(/C=C/c1ccccc1)C1=C(O)C(=O)N(c2nnc(SCc3ccc(Cl)cc3)s2)C1c1cccc(Oc2ccccc2)c1. The number of hydrogen-bond donors (Lipinski definition) is 1. The minimum Gasteiger partial charge on any atom is -0.503 e. The molecule has 2 heterocycles. The van der Waals surface area contributed by atoms with Crippen LogP contribution in [0.25, 0.3) is 6.08 Å². The van der Waals surface area contributed by atoms with Crippen LogP contribution in [0.5, 0.6) is 11.5 Å². The number of benzene rings is 4. The maximum absolute atomic E-state index is 13.6. The van der Waals surface area contributed by atoms with Gasteiger partial charge in [-0.3, -0.25) is 14.5 Å². The van der Waals surface area contributed by atoms with E-state index < -0.39 is 23.5 Å². The second-order valence-corrected chi connectivity index (χ2v) is 12.3. The van der Waals surface area contributed by atoms with E-state index in [2.05, 4.69) is 10.2 Å². The van der Waals surface area contributed by atoms with Crippen LogP contribution in [0.2, 0.25) is 5.02 Å². The first kappa shape index (κ1) is 29.4. The minimum absolute atomic E-state index is 0.0513. The fourth-order valence-electron chi connectivity index (χ4n) is 4.65. The van der Waals surface area contributed by atoms with Gasteiger partial charge in [0.05, 0.1) is 11.6 Å². The van der Waals surface area contributed by atoms with Crippen LogP contribution >= 0.6 is 34.7 Å². The van der Waals surface area contributed by atoms with E-state index in [1.165, 1.54) is 34.1 Å². The number of aromatic nitrogens is 2. The molecule has 0 fully saturated rings. The number of aliphatic hydroxyl groups is 1. The Balaban J connectivity index is 1.33. The van der Waals surface area contributed by atoms with Crippen LogP contribution in [-0.2, 0) is 15.3 Å². The fraction of sp³-hybridized carbons (Fsp3) is 0.0588. The number of ketones is 1. The highest BCUT2D eigenvalue weighted by atomic mass is 35.5. The number of amides is 1. The summed E-state index contributed by atoms with van der Waals surface area (Å²) < 4.78 is 6.67. The number of ether oxygens (including phenoxy) is 1. The van der Waals surface area contributed by atoms with E-state index in [9.17, 15) is 14.7 Å². The van der Waals surface area contributed by atoms with E-state index in [-0.39, 0.29) is 10.7 Å². The average Bonchev–Trinajstić information content (AvgIpc) is 3.62. The van der Waals surface area contributed by atoms with Gasteiger partial charge < -0.3 is 9.84 Å². The van der Waals surface area contributed by atoms with Gasteiger partial charge in [-0.15, -0.1) is 10.2 Å². The van der Waals surface area contributed by atoms with E-state index in [1.807, 2.05) is 84.9 Å².